The van der Waals surface area contributed by atoms with E-state index in [0.29, 0.717) is 6.42 Å². The number of carboxylic acid groups (broad SMARTS) is 2. The van der Waals surface area contributed by atoms with Gasteiger partial charge in [0.25, 0.3) is 0 Å². The maximum absolute atomic E-state index is 10.6. The Morgan fingerprint density at radius 3 is 1.53 bits per heavy atom. The van der Waals surface area contributed by atoms with Crippen molar-refractivity contribution in [3.8, 4) is 0 Å². The molecule has 5 heteroatoms. The second kappa shape index (κ2) is 14.0. The Kier molecular flexibility index (Phi) is 15.3. The molecule has 0 aromatic carbocycles. The van der Waals surface area contributed by atoms with Gasteiger partial charge in [0, 0.05) is 0 Å². The third-order valence-electron chi connectivity index (χ3n) is 3.19. The molecule has 108 valence electrons. The zero-order chi connectivity index (χ0) is 13.8. The summed E-state index contributed by atoms with van der Waals surface area (Å²) in [5.74, 6) is -3.67. The van der Waals surface area contributed by atoms with Crippen LogP contribution < -0.4 is 0 Å². The van der Waals surface area contributed by atoms with Crippen molar-refractivity contribution < 1.29 is 19.8 Å². The van der Waals surface area contributed by atoms with E-state index >= 15 is 0 Å². The minimum atomic E-state index is -1.23. The normalized spacial score (nSPS) is 10.2. The van der Waals surface area contributed by atoms with Crippen LogP contribution in [0.3, 0.4) is 0 Å². The SMILES string of the molecule is CCCCCCCCCCCC(C(=O)O)C(=O)O.[LiH]. The average Bonchev–Trinajstić information content (AvgIpc) is 2.30. The first-order valence-corrected chi connectivity index (χ1v) is 7.05. The molecule has 0 spiro atoms. The average molecular weight is 266 g/mol. The van der Waals surface area contributed by atoms with Gasteiger partial charge >= 0.3 is 30.8 Å². The van der Waals surface area contributed by atoms with E-state index in [-0.39, 0.29) is 25.3 Å². The van der Waals surface area contributed by atoms with Crippen molar-refractivity contribution in [2.45, 2.75) is 71.1 Å². The fourth-order valence-corrected chi connectivity index (χ4v) is 2.01. The fourth-order valence-electron chi connectivity index (χ4n) is 2.01. The third-order valence-corrected chi connectivity index (χ3v) is 3.19. The topological polar surface area (TPSA) is 74.6 Å². The summed E-state index contributed by atoms with van der Waals surface area (Å²) in [5, 5.41) is 17.4. The summed E-state index contributed by atoms with van der Waals surface area (Å²) in [5.41, 5.74) is 0. The molecule has 0 heterocycles. The first-order valence-electron chi connectivity index (χ1n) is 7.05. The molecule has 0 amide bonds. The van der Waals surface area contributed by atoms with Crippen molar-refractivity contribution >= 4 is 30.8 Å². The van der Waals surface area contributed by atoms with Crippen LogP contribution in [-0.2, 0) is 9.59 Å². The van der Waals surface area contributed by atoms with Crippen molar-refractivity contribution in [3.05, 3.63) is 0 Å². The van der Waals surface area contributed by atoms with E-state index in [1.807, 2.05) is 0 Å². The third kappa shape index (κ3) is 12.3. The van der Waals surface area contributed by atoms with E-state index in [4.69, 9.17) is 10.2 Å². The molecule has 0 fully saturated rings. The molecule has 0 saturated heterocycles. The summed E-state index contributed by atoms with van der Waals surface area (Å²) in [6, 6.07) is 0. The molecule has 0 unspecified atom stereocenters. The molecule has 0 saturated carbocycles. The zero-order valence-electron chi connectivity index (χ0n) is 11.4. The van der Waals surface area contributed by atoms with Crippen LogP contribution in [-0.4, -0.2) is 41.0 Å². The van der Waals surface area contributed by atoms with Gasteiger partial charge in [0.2, 0.25) is 0 Å². The molecule has 0 aliphatic carbocycles. The molecule has 0 aliphatic heterocycles. The molecular formula is C14H27LiO4. The van der Waals surface area contributed by atoms with Gasteiger partial charge in [-0.3, -0.25) is 9.59 Å². The Hall–Kier alpha value is -0.463. The van der Waals surface area contributed by atoms with E-state index in [9.17, 15) is 9.59 Å². The van der Waals surface area contributed by atoms with Crippen LogP contribution in [0.4, 0.5) is 0 Å². The maximum atomic E-state index is 10.6. The molecule has 19 heavy (non-hydrogen) atoms. The number of carboxylic acids is 2. The van der Waals surface area contributed by atoms with Crippen LogP contribution in [0, 0.1) is 5.92 Å². The predicted octanol–water partition coefficient (Wildman–Crippen LogP) is 3.04. The minimum absolute atomic E-state index is 0. The summed E-state index contributed by atoms with van der Waals surface area (Å²) in [7, 11) is 0. The second-order valence-corrected chi connectivity index (χ2v) is 4.85. The second-order valence-electron chi connectivity index (χ2n) is 4.85. The molecule has 0 radical (unpaired) electrons. The molecule has 0 aromatic heterocycles. The van der Waals surface area contributed by atoms with Gasteiger partial charge in [-0.2, -0.15) is 0 Å². The Balaban J connectivity index is 0. The first-order chi connectivity index (χ1) is 8.59. The number of aliphatic carboxylic acids is 2. The molecular weight excluding hydrogens is 239 g/mol. The van der Waals surface area contributed by atoms with Crippen molar-refractivity contribution in [3.63, 3.8) is 0 Å². The van der Waals surface area contributed by atoms with Crippen LogP contribution in [0.5, 0.6) is 0 Å². The number of hydrogen-bond donors (Lipinski definition) is 2. The number of rotatable bonds is 12. The van der Waals surface area contributed by atoms with Crippen molar-refractivity contribution in [1.29, 1.82) is 0 Å². The van der Waals surface area contributed by atoms with Crippen LogP contribution in [0.1, 0.15) is 71.1 Å². The molecule has 0 rings (SSSR count). The van der Waals surface area contributed by atoms with Gasteiger partial charge in [0.05, 0.1) is 0 Å². The fraction of sp³-hybridized carbons (Fsp3) is 0.857. The van der Waals surface area contributed by atoms with Gasteiger partial charge in [-0.05, 0) is 6.42 Å². The van der Waals surface area contributed by atoms with Crippen LogP contribution in [0.15, 0.2) is 0 Å². The quantitative estimate of drug-likeness (QED) is 0.323. The van der Waals surface area contributed by atoms with Crippen molar-refractivity contribution in [1.82, 2.24) is 0 Å². The molecule has 2 N–H and O–H groups in total. The monoisotopic (exact) mass is 266 g/mol. The Bertz CT molecular complexity index is 230. The van der Waals surface area contributed by atoms with Gasteiger partial charge in [-0.15, -0.1) is 0 Å². The Morgan fingerprint density at radius 1 is 0.789 bits per heavy atom. The van der Waals surface area contributed by atoms with Crippen molar-refractivity contribution in [2.24, 2.45) is 5.92 Å². The zero-order valence-corrected chi connectivity index (χ0v) is 11.4. The number of hydrogen-bond acceptors (Lipinski definition) is 2. The Morgan fingerprint density at radius 2 is 1.16 bits per heavy atom. The number of unbranched alkanes of at least 4 members (excludes halogenated alkanes) is 8. The summed E-state index contributed by atoms with van der Waals surface area (Å²) < 4.78 is 0. The molecule has 0 atom stereocenters. The summed E-state index contributed by atoms with van der Waals surface area (Å²) in [6.45, 7) is 2.20. The van der Waals surface area contributed by atoms with Gasteiger partial charge in [-0.25, -0.2) is 0 Å². The van der Waals surface area contributed by atoms with Gasteiger partial charge in [0.1, 0.15) is 0 Å². The van der Waals surface area contributed by atoms with Crippen LogP contribution >= 0.6 is 0 Å². The van der Waals surface area contributed by atoms with Crippen LogP contribution in [0.2, 0.25) is 0 Å². The van der Waals surface area contributed by atoms with Gasteiger partial charge < -0.3 is 10.2 Å². The molecule has 0 aromatic rings. The molecule has 0 aliphatic rings. The van der Waals surface area contributed by atoms with E-state index in [1.54, 1.807) is 0 Å². The standard InChI is InChI=1S/C14H26O4.Li.H/c1-2-3-4-5-6-7-8-9-10-11-12(13(15)16)14(17)18;;/h12H,2-11H2,1H3,(H,15,16)(H,17,18);;. The summed E-state index contributed by atoms with van der Waals surface area (Å²) >= 11 is 0. The summed E-state index contributed by atoms with van der Waals surface area (Å²) in [4.78, 5) is 21.3. The van der Waals surface area contributed by atoms with E-state index < -0.39 is 17.9 Å². The van der Waals surface area contributed by atoms with Gasteiger partial charge in [0.15, 0.2) is 5.92 Å². The van der Waals surface area contributed by atoms with Crippen molar-refractivity contribution in [2.75, 3.05) is 0 Å². The van der Waals surface area contributed by atoms with Crippen LogP contribution in [0.25, 0.3) is 0 Å². The molecule has 4 nitrogen and oxygen atoms in total. The number of carbonyl (C=O) groups is 2. The van der Waals surface area contributed by atoms with E-state index in [2.05, 4.69) is 6.92 Å². The van der Waals surface area contributed by atoms with Gasteiger partial charge in [-0.1, -0.05) is 64.7 Å². The Labute approximate surface area is 128 Å². The summed E-state index contributed by atoms with van der Waals surface area (Å²) in [6.07, 6.45) is 10.5. The predicted molar refractivity (Wildman–Crippen MR) is 77.8 cm³/mol. The van der Waals surface area contributed by atoms with E-state index in [1.165, 1.54) is 38.5 Å². The first kappa shape index (κ1) is 20.8. The molecule has 0 bridgehead atoms. The van der Waals surface area contributed by atoms with E-state index in [0.717, 1.165) is 12.8 Å².